The minimum Gasteiger partial charge on any atom is -0.491 e. The van der Waals surface area contributed by atoms with Gasteiger partial charge in [0, 0.05) is 24.3 Å². The molecule has 0 saturated carbocycles. The van der Waals surface area contributed by atoms with Gasteiger partial charge in [0.25, 0.3) is 5.91 Å². The lowest BCUT2D eigenvalue weighted by Crippen LogP contribution is -2.36. The zero-order chi connectivity index (χ0) is 18.4. The maximum atomic E-state index is 12.3. The molecule has 26 heavy (non-hydrogen) atoms. The first-order chi connectivity index (χ1) is 12.6. The van der Waals surface area contributed by atoms with E-state index < -0.39 is 0 Å². The van der Waals surface area contributed by atoms with Crippen LogP contribution in [0.1, 0.15) is 21.5 Å². The molecule has 0 spiro atoms. The number of amides is 1. The van der Waals surface area contributed by atoms with Gasteiger partial charge in [0.2, 0.25) is 0 Å². The Balaban J connectivity index is 1.46. The fraction of sp³-hybridized carbons (Fsp3) is 0.381. The monoisotopic (exact) mass is 354 g/mol. The summed E-state index contributed by atoms with van der Waals surface area (Å²) in [5, 5.41) is 2.90. The minimum atomic E-state index is -0.0805. The van der Waals surface area contributed by atoms with Crippen molar-refractivity contribution in [3.05, 3.63) is 59.2 Å². The Morgan fingerprint density at radius 3 is 2.58 bits per heavy atom. The topological polar surface area (TPSA) is 50.8 Å². The van der Waals surface area contributed by atoms with Gasteiger partial charge in [-0.1, -0.05) is 12.1 Å². The Morgan fingerprint density at radius 2 is 1.85 bits per heavy atom. The Hall–Kier alpha value is -2.53. The van der Waals surface area contributed by atoms with E-state index in [1.54, 1.807) is 0 Å². The van der Waals surface area contributed by atoms with Crippen LogP contribution in [0.3, 0.4) is 0 Å². The molecule has 1 amide bonds. The fourth-order valence-electron chi connectivity index (χ4n) is 2.95. The van der Waals surface area contributed by atoms with Crippen molar-refractivity contribution in [3.63, 3.8) is 0 Å². The molecule has 1 aliphatic heterocycles. The number of aryl methyl sites for hydroxylation is 1. The van der Waals surface area contributed by atoms with Crippen LogP contribution in [0.4, 0.5) is 5.69 Å². The highest BCUT2D eigenvalue weighted by Crippen LogP contribution is 2.20. The molecular formula is C21H26N2O3. The summed E-state index contributed by atoms with van der Waals surface area (Å²) >= 11 is 0. The molecule has 3 rings (SSSR count). The highest BCUT2D eigenvalue weighted by Gasteiger charge is 2.12. The van der Waals surface area contributed by atoms with Crippen molar-refractivity contribution in [2.75, 3.05) is 44.4 Å². The maximum Gasteiger partial charge on any atom is 0.251 e. The van der Waals surface area contributed by atoms with Crippen molar-refractivity contribution < 1.29 is 14.3 Å². The fourth-order valence-corrected chi connectivity index (χ4v) is 2.95. The van der Waals surface area contributed by atoms with Crippen LogP contribution in [0.15, 0.2) is 42.5 Å². The van der Waals surface area contributed by atoms with Gasteiger partial charge in [-0.05, 0) is 55.3 Å². The van der Waals surface area contributed by atoms with Gasteiger partial charge in [0.1, 0.15) is 12.4 Å². The molecule has 1 saturated heterocycles. The van der Waals surface area contributed by atoms with E-state index in [-0.39, 0.29) is 5.91 Å². The van der Waals surface area contributed by atoms with Gasteiger partial charge >= 0.3 is 0 Å². The molecule has 1 aliphatic rings. The van der Waals surface area contributed by atoms with Crippen molar-refractivity contribution in [1.82, 2.24) is 5.32 Å². The van der Waals surface area contributed by atoms with Gasteiger partial charge < -0.3 is 19.7 Å². The molecule has 2 aromatic carbocycles. The van der Waals surface area contributed by atoms with E-state index in [0.717, 1.165) is 43.3 Å². The number of ether oxygens (including phenoxy) is 2. The van der Waals surface area contributed by atoms with E-state index in [0.29, 0.717) is 18.7 Å². The lowest BCUT2D eigenvalue weighted by Gasteiger charge is -2.28. The number of morpholine rings is 1. The van der Waals surface area contributed by atoms with Crippen LogP contribution in [0.25, 0.3) is 0 Å². The molecule has 5 heteroatoms. The Kier molecular flexibility index (Phi) is 6.12. The highest BCUT2D eigenvalue weighted by molar-refractivity contribution is 5.94. The zero-order valence-electron chi connectivity index (χ0n) is 15.5. The van der Waals surface area contributed by atoms with E-state index in [1.807, 2.05) is 43.3 Å². The summed E-state index contributed by atoms with van der Waals surface area (Å²) in [6.45, 7) is 8.30. The van der Waals surface area contributed by atoms with Crippen LogP contribution < -0.4 is 15.0 Å². The van der Waals surface area contributed by atoms with Gasteiger partial charge in [-0.15, -0.1) is 0 Å². The van der Waals surface area contributed by atoms with Gasteiger partial charge in [0.05, 0.1) is 19.8 Å². The van der Waals surface area contributed by atoms with Crippen LogP contribution in [0.5, 0.6) is 5.75 Å². The summed E-state index contributed by atoms with van der Waals surface area (Å²) in [4.78, 5) is 14.5. The van der Waals surface area contributed by atoms with Gasteiger partial charge in [-0.3, -0.25) is 4.79 Å². The summed E-state index contributed by atoms with van der Waals surface area (Å²) in [7, 11) is 0. The van der Waals surface area contributed by atoms with Crippen LogP contribution in [0.2, 0.25) is 0 Å². The normalized spacial score (nSPS) is 14.2. The predicted octanol–water partition coefficient (Wildman–Crippen LogP) is 2.95. The van der Waals surface area contributed by atoms with Crippen molar-refractivity contribution in [2.24, 2.45) is 0 Å². The number of hydrogen-bond donors (Lipinski definition) is 1. The van der Waals surface area contributed by atoms with Crippen LogP contribution in [-0.2, 0) is 4.74 Å². The second-order valence-electron chi connectivity index (χ2n) is 6.45. The Labute approximate surface area is 154 Å². The van der Waals surface area contributed by atoms with Crippen molar-refractivity contribution in [1.29, 1.82) is 0 Å². The molecule has 0 atom stereocenters. The molecular weight excluding hydrogens is 328 g/mol. The first kappa shape index (κ1) is 18.3. The summed E-state index contributed by atoms with van der Waals surface area (Å²) in [6.07, 6.45) is 0. The molecule has 5 nitrogen and oxygen atoms in total. The molecule has 1 heterocycles. The number of anilines is 1. The third kappa shape index (κ3) is 4.55. The van der Waals surface area contributed by atoms with E-state index in [9.17, 15) is 4.79 Å². The minimum absolute atomic E-state index is 0.0805. The molecule has 1 N–H and O–H groups in total. The van der Waals surface area contributed by atoms with Crippen molar-refractivity contribution in [2.45, 2.75) is 13.8 Å². The Morgan fingerprint density at radius 1 is 1.12 bits per heavy atom. The van der Waals surface area contributed by atoms with Crippen LogP contribution in [0, 0.1) is 13.8 Å². The molecule has 0 radical (unpaired) electrons. The van der Waals surface area contributed by atoms with E-state index in [1.165, 1.54) is 5.56 Å². The number of hydrogen-bond acceptors (Lipinski definition) is 4. The van der Waals surface area contributed by atoms with Gasteiger partial charge in [-0.2, -0.15) is 0 Å². The lowest BCUT2D eigenvalue weighted by atomic mass is 10.1. The summed E-state index contributed by atoms with van der Waals surface area (Å²) in [5.41, 5.74) is 4.13. The summed E-state index contributed by atoms with van der Waals surface area (Å²) < 4.78 is 11.1. The smallest absolute Gasteiger partial charge is 0.251 e. The molecule has 138 valence electrons. The standard InChI is InChI=1S/C21H26N2O3/c1-16-4-3-5-20(17(16)2)26-13-10-22-21(24)18-6-8-19(9-7-18)23-11-14-25-15-12-23/h3-9H,10-15H2,1-2H3,(H,22,24). The molecule has 1 fully saturated rings. The first-order valence-electron chi connectivity index (χ1n) is 9.05. The van der Waals surface area contributed by atoms with E-state index in [4.69, 9.17) is 9.47 Å². The number of carbonyl (C=O) groups excluding carboxylic acids is 1. The SMILES string of the molecule is Cc1cccc(OCCNC(=O)c2ccc(N3CCOCC3)cc2)c1C. The number of carbonyl (C=O) groups is 1. The molecule has 2 aromatic rings. The first-order valence-corrected chi connectivity index (χ1v) is 9.05. The van der Waals surface area contributed by atoms with E-state index in [2.05, 4.69) is 23.2 Å². The second-order valence-corrected chi connectivity index (χ2v) is 6.45. The third-order valence-corrected chi connectivity index (χ3v) is 4.71. The number of rotatable bonds is 6. The van der Waals surface area contributed by atoms with Gasteiger partial charge in [0.15, 0.2) is 0 Å². The average molecular weight is 354 g/mol. The zero-order valence-corrected chi connectivity index (χ0v) is 15.5. The number of benzene rings is 2. The highest BCUT2D eigenvalue weighted by atomic mass is 16.5. The number of nitrogens with one attached hydrogen (secondary N) is 1. The van der Waals surface area contributed by atoms with Crippen LogP contribution in [-0.4, -0.2) is 45.4 Å². The van der Waals surface area contributed by atoms with Gasteiger partial charge in [-0.25, -0.2) is 0 Å². The predicted molar refractivity (Wildman–Crippen MR) is 103 cm³/mol. The Bertz CT molecular complexity index is 737. The second kappa shape index (κ2) is 8.72. The largest absolute Gasteiger partial charge is 0.491 e. The lowest BCUT2D eigenvalue weighted by molar-refractivity contribution is 0.0947. The quantitative estimate of drug-likeness (QED) is 0.811. The van der Waals surface area contributed by atoms with Crippen LogP contribution >= 0.6 is 0 Å². The third-order valence-electron chi connectivity index (χ3n) is 4.71. The molecule has 0 unspecified atom stereocenters. The summed E-state index contributed by atoms with van der Waals surface area (Å²) in [6, 6.07) is 13.7. The van der Waals surface area contributed by atoms with Crippen molar-refractivity contribution >= 4 is 11.6 Å². The maximum absolute atomic E-state index is 12.3. The number of nitrogens with zero attached hydrogens (tertiary/aromatic N) is 1. The molecule has 0 aromatic heterocycles. The van der Waals surface area contributed by atoms with E-state index >= 15 is 0 Å². The van der Waals surface area contributed by atoms with Crippen molar-refractivity contribution in [3.8, 4) is 5.75 Å². The average Bonchev–Trinajstić information content (AvgIpc) is 2.69. The molecule has 0 bridgehead atoms. The summed E-state index contributed by atoms with van der Waals surface area (Å²) in [5.74, 6) is 0.789. The molecule has 0 aliphatic carbocycles.